The molecule has 9 atom stereocenters. The summed E-state index contributed by atoms with van der Waals surface area (Å²) in [7, 11) is 0. The van der Waals surface area contributed by atoms with Crippen LogP contribution in [-0.2, 0) is 21.4 Å². The second-order valence-electron chi connectivity index (χ2n) is 18.4. The van der Waals surface area contributed by atoms with Crippen molar-refractivity contribution in [3.63, 3.8) is 0 Å². The zero-order valence-electron chi connectivity index (χ0n) is 31.5. The number of benzene rings is 1. The van der Waals surface area contributed by atoms with Gasteiger partial charge in [-0.3, -0.25) is 9.59 Å². The monoisotopic (exact) mass is 680 g/mol. The number of ketones is 1. The highest BCUT2D eigenvalue weighted by Gasteiger charge is 2.67. The number of allylic oxidation sites excluding steroid dienone is 1. The van der Waals surface area contributed by atoms with Crippen molar-refractivity contribution in [3.05, 3.63) is 64.4 Å². The number of hydrogen-bond acceptors (Lipinski definition) is 5. The molecule has 1 aromatic heterocycles. The van der Waals surface area contributed by atoms with Crippen molar-refractivity contribution in [2.75, 3.05) is 6.54 Å². The number of Topliss-reactive ketones (excluding diaryl/α,β-unsaturated/α-hetero) is 1. The third kappa shape index (κ3) is 4.09. The van der Waals surface area contributed by atoms with Crippen LogP contribution in [0.1, 0.15) is 139 Å². The van der Waals surface area contributed by atoms with Gasteiger partial charge in [-0.1, -0.05) is 45.1 Å². The number of nitrogens with zero attached hydrogens (tertiary/aromatic N) is 1. The molecule has 0 radical (unpaired) electrons. The van der Waals surface area contributed by atoms with Gasteiger partial charge >= 0.3 is 0 Å². The van der Waals surface area contributed by atoms with Crippen molar-refractivity contribution < 1.29 is 24.5 Å². The average Bonchev–Trinajstić information content (AvgIpc) is 3.68. The van der Waals surface area contributed by atoms with Gasteiger partial charge in [-0.05, 0) is 120 Å². The van der Waals surface area contributed by atoms with Crippen LogP contribution in [0.25, 0.3) is 16.5 Å². The van der Waals surface area contributed by atoms with Gasteiger partial charge in [0.05, 0.1) is 34.5 Å². The predicted molar refractivity (Wildman–Crippen MR) is 197 cm³/mol. The minimum atomic E-state index is -0.848. The van der Waals surface area contributed by atoms with E-state index < -0.39 is 34.9 Å². The van der Waals surface area contributed by atoms with E-state index >= 15 is 0 Å². The minimum Gasteiger partial charge on any atom is -0.392 e. The van der Waals surface area contributed by atoms with Crippen LogP contribution in [0.4, 0.5) is 0 Å². The second kappa shape index (κ2) is 10.5. The fourth-order valence-electron chi connectivity index (χ4n) is 12.8. The van der Waals surface area contributed by atoms with Gasteiger partial charge in [-0.15, -0.1) is 0 Å². The Morgan fingerprint density at radius 2 is 1.84 bits per heavy atom. The first-order chi connectivity index (χ1) is 23.3. The zero-order chi connectivity index (χ0) is 36.1. The zero-order valence-corrected chi connectivity index (χ0v) is 31.5. The van der Waals surface area contributed by atoms with Gasteiger partial charge in [0, 0.05) is 46.4 Å². The summed E-state index contributed by atoms with van der Waals surface area (Å²) in [5, 5.41) is 27.9. The Morgan fingerprint density at radius 1 is 1.12 bits per heavy atom. The molecule has 0 saturated heterocycles. The molecule has 4 aliphatic carbocycles. The van der Waals surface area contributed by atoms with Crippen LogP contribution >= 0.6 is 0 Å². The van der Waals surface area contributed by atoms with Crippen molar-refractivity contribution in [3.8, 4) is 0 Å². The molecule has 3 N–H and O–H groups in total. The van der Waals surface area contributed by atoms with Gasteiger partial charge in [0.15, 0.2) is 5.78 Å². The molecule has 268 valence electrons. The first-order valence-corrected chi connectivity index (χ1v) is 19.0. The van der Waals surface area contributed by atoms with E-state index in [1.165, 1.54) is 11.3 Å². The lowest BCUT2D eigenvalue weighted by Crippen LogP contribution is -2.62. The number of aliphatic hydroxyl groups excluding tert-OH is 2. The lowest BCUT2D eigenvalue weighted by Gasteiger charge is -2.64. The van der Waals surface area contributed by atoms with E-state index in [9.17, 15) is 19.8 Å². The molecule has 2 saturated carbocycles. The van der Waals surface area contributed by atoms with E-state index in [-0.39, 0.29) is 34.4 Å². The number of nitrogens with one attached hydrogen (secondary N) is 1. The predicted octanol–water partition coefficient (Wildman–Crippen LogP) is 7.68. The first-order valence-electron chi connectivity index (χ1n) is 19.0. The number of aliphatic hydroxyl groups is 2. The number of aromatic nitrogens is 1. The summed E-state index contributed by atoms with van der Waals surface area (Å²) in [5.41, 5.74) is 5.87. The third-order valence-corrected chi connectivity index (χ3v) is 14.8. The molecule has 0 spiro atoms. The Hall–Kier alpha value is -3.00. The molecule has 7 nitrogen and oxygen atoms in total. The molecule has 0 bridgehead atoms. The van der Waals surface area contributed by atoms with Gasteiger partial charge < -0.3 is 24.8 Å². The molecule has 1 amide bonds. The normalized spacial score (nSPS) is 38.8. The topological polar surface area (TPSA) is 101 Å². The van der Waals surface area contributed by atoms with Crippen molar-refractivity contribution >= 4 is 28.2 Å². The number of fused-ring (bicyclic) bond motifs is 11. The van der Waals surface area contributed by atoms with Gasteiger partial charge in [-0.25, -0.2) is 0 Å². The summed E-state index contributed by atoms with van der Waals surface area (Å²) in [6.07, 6.45) is 9.81. The molecule has 7 heteroatoms. The lowest BCUT2D eigenvalue weighted by atomic mass is 9.40. The van der Waals surface area contributed by atoms with Crippen molar-refractivity contribution in [1.82, 2.24) is 9.88 Å². The van der Waals surface area contributed by atoms with Crippen LogP contribution in [0.5, 0.6) is 0 Å². The van der Waals surface area contributed by atoms with Crippen LogP contribution in [0.3, 0.4) is 0 Å². The van der Waals surface area contributed by atoms with Crippen molar-refractivity contribution in [2.45, 2.75) is 136 Å². The van der Waals surface area contributed by atoms with E-state index in [0.717, 1.165) is 58.9 Å². The van der Waals surface area contributed by atoms with E-state index in [2.05, 4.69) is 83.1 Å². The van der Waals surface area contributed by atoms with E-state index in [1.54, 1.807) is 0 Å². The Kier molecular flexibility index (Phi) is 7.19. The number of ether oxygens (including phenoxy) is 1. The maximum absolute atomic E-state index is 14.9. The molecule has 50 heavy (non-hydrogen) atoms. The molecule has 2 fully saturated rings. The molecule has 2 unspecified atom stereocenters. The summed E-state index contributed by atoms with van der Waals surface area (Å²) in [5.74, 6) is 0.357. The summed E-state index contributed by atoms with van der Waals surface area (Å²) in [6.45, 7) is 24.3. The van der Waals surface area contributed by atoms with E-state index in [0.29, 0.717) is 30.9 Å². The fraction of sp³-hybridized carbons (Fsp3) is 0.628. The second-order valence-corrected chi connectivity index (χ2v) is 18.4. The number of hydrogen-bond donors (Lipinski definition) is 3. The van der Waals surface area contributed by atoms with Crippen LogP contribution in [-0.4, -0.2) is 50.3 Å². The SMILES string of the molecule is C=C(C)[C@H]1C(=O)c2c3c(cc4c5c(n1c24)[C@@]1(C)C(CC[C@H]2[C@](C)(/C=C/CC(=O)NCC)[C@@H](O)CC[C@@]21C)C5)C1=CC(C)(C)OC(C)(C)C1[C@@H]3O. The largest absolute Gasteiger partial charge is 0.392 e. The Balaban J connectivity index is 1.34. The van der Waals surface area contributed by atoms with Crippen molar-refractivity contribution in [2.24, 2.45) is 28.6 Å². The van der Waals surface area contributed by atoms with E-state index in [1.807, 2.05) is 19.9 Å². The Bertz CT molecular complexity index is 1940. The number of amides is 1. The van der Waals surface area contributed by atoms with Crippen LogP contribution in [0.15, 0.2) is 36.4 Å². The van der Waals surface area contributed by atoms with Crippen LogP contribution in [0, 0.1) is 28.6 Å². The molecule has 2 aromatic rings. The first kappa shape index (κ1) is 34.1. The maximum Gasteiger partial charge on any atom is 0.223 e. The summed E-state index contributed by atoms with van der Waals surface area (Å²) in [6, 6.07) is 1.79. The molecular formula is C43H56N2O5. The minimum absolute atomic E-state index is 0.00212. The third-order valence-electron chi connectivity index (χ3n) is 14.8. The molecular weight excluding hydrogens is 624 g/mol. The van der Waals surface area contributed by atoms with Gasteiger partial charge in [-0.2, -0.15) is 0 Å². The fourth-order valence-corrected chi connectivity index (χ4v) is 12.8. The highest BCUT2D eigenvalue weighted by molar-refractivity contribution is 6.18. The summed E-state index contributed by atoms with van der Waals surface area (Å²) >= 11 is 0. The van der Waals surface area contributed by atoms with Crippen molar-refractivity contribution in [1.29, 1.82) is 0 Å². The molecule has 3 heterocycles. The number of carbonyl (C=O) groups excluding carboxylic acids is 2. The summed E-state index contributed by atoms with van der Waals surface area (Å²) < 4.78 is 8.89. The Morgan fingerprint density at radius 3 is 2.52 bits per heavy atom. The van der Waals surface area contributed by atoms with Gasteiger partial charge in [0.25, 0.3) is 0 Å². The summed E-state index contributed by atoms with van der Waals surface area (Å²) in [4.78, 5) is 27.2. The number of rotatable bonds is 5. The quantitative estimate of drug-likeness (QED) is 0.282. The molecule has 2 aliphatic heterocycles. The highest BCUT2D eigenvalue weighted by atomic mass is 16.5. The smallest absolute Gasteiger partial charge is 0.223 e. The maximum atomic E-state index is 14.9. The highest BCUT2D eigenvalue weighted by Crippen LogP contribution is 2.71. The molecule has 8 rings (SSSR count). The van der Waals surface area contributed by atoms with Gasteiger partial charge in [0.2, 0.25) is 5.91 Å². The van der Waals surface area contributed by atoms with Gasteiger partial charge in [0.1, 0.15) is 6.04 Å². The van der Waals surface area contributed by atoms with Crippen LogP contribution in [0.2, 0.25) is 0 Å². The lowest BCUT2D eigenvalue weighted by molar-refractivity contribution is -0.145. The molecule has 6 aliphatic rings. The van der Waals surface area contributed by atoms with E-state index in [4.69, 9.17) is 4.74 Å². The average molecular weight is 681 g/mol. The number of carbonyl (C=O) groups is 2. The Labute approximate surface area is 297 Å². The molecule has 1 aromatic carbocycles. The standard InChI is InChI=1S/C43H56N2O5/c1-11-44-30(47)13-12-17-41(8)28-15-14-23-19-26-25-20-24-27-21-39(4,5)50-40(6,7)33(27)36(48)31(24)32-35(25)45(34(22(2)3)37(32)49)38(26)43(23,10)42(28,9)18-16-29(41)46/h12,17,20-21,23,28-29,33-34,36,46,48H,2,11,13-16,18-19H2,1,3-10H3,(H,44,47)/b17-12+/t23?,28-,29-,33?,34-,36+,41-,42-,43+/m0/s1. The van der Waals surface area contributed by atoms with Crippen LogP contribution < -0.4 is 5.32 Å².